The van der Waals surface area contributed by atoms with Gasteiger partial charge in [0, 0.05) is 6.42 Å². The molecule has 1 aliphatic rings. The first-order chi connectivity index (χ1) is 14.3. The number of nitrogens with zero attached hydrogens (tertiary/aromatic N) is 5. The van der Waals surface area contributed by atoms with Crippen LogP contribution in [0.15, 0.2) is 96.2 Å². The van der Waals surface area contributed by atoms with Crippen LogP contribution in [-0.2, 0) is 0 Å². The van der Waals surface area contributed by atoms with Crippen LogP contribution in [0.5, 0.6) is 0 Å². The smallest absolute Gasteiger partial charge is 0.0831 e. The highest BCUT2D eigenvalue weighted by Gasteiger charge is 2.29. The first kappa shape index (κ1) is 17.4. The van der Waals surface area contributed by atoms with Gasteiger partial charge in [-0.25, -0.2) is 4.68 Å². The summed E-state index contributed by atoms with van der Waals surface area (Å²) in [6, 6.07) is 29.5. The van der Waals surface area contributed by atoms with Crippen molar-refractivity contribution in [1.82, 2.24) is 15.0 Å². The zero-order valence-corrected chi connectivity index (χ0v) is 16.2. The summed E-state index contributed by atoms with van der Waals surface area (Å²) in [4.78, 5) is 0. The van der Waals surface area contributed by atoms with Crippen molar-refractivity contribution < 1.29 is 0 Å². The van der Waals surface area contributed by atoms with E-state index in [1.165, 1.54) is 5.56 Å². The molecule has 3 aromatic carbocycles. The van der Waals surface area contributed by atoms with Gasteiger partial charge in [0.05, 0.1) is 35.0 Å². The van der Waals surface area contributed by atoms with E-state index < -0.39 is 0 Å². The third-order valence-corrected chi connectivity index (χ3v) is 5.28. The van der Waals surface area contributed by atoms with Crippen molar-refractivity contribution >= 4 is 11.4 Å². The highest BCUT2D eigenvalue weighted by molar-refractivity contribution is 6.03. The van der Waals surface area contributed by atoms with Gasteiger partial charge in [-0.1, -0.05) is 65.9 Å². The van der Waals surface area contributed by atoms with Gasteiger partial charge in [-0.2, -0.15) is 5.10 Å². The molecule has 2 heterocycles. The SMILES string of the molecule is Cc1cnnn1-c1ccc(C2=NN(c3ccccc3)C(c3ccccc3)C2)cc1. The van der Waals surface area contributed by atoms with Crippen LogP contribution in [0.2, 0.25) is 0 Å². The average molecular weight is 379 g/mol. The van der Waals surface area contributed by atoms with Gasteiger partial charge >= 0.3 is 0 Å². The molecule has 5 rings (SSSR count). The number of anilines is 1. The lowest BCUT2D eigenvalue weighted by atomic mass is 9.98. The fourth-order valence-electron chi connectivity index (χ4n) is 3.77. The van der Waals surface area contributed by atoms with E-state index in [0.717, 1.165) is 34.8 Å². The van der Waals surface area contributed by atoms with Crippen molar-refractivity contribution in [2.75, 3.05) is 5.01 Å². The lowest BCUT2D eigenvalue weighted by molar-refractivity contribution is 0.709. The Morgan fingerprint density at radius 1 is 0.793 bits per heavy atom. The summed E-state index contributed by atoms with van der Waals surface area (Å²) in [6.45, 7) is 2.00. The number of aromatic nitrogens is 3. The first-order valence-corrected chi connectivity index (χ1v) is 9.74. The van der Waals surface area contributed by atoms with Gasteiger partial charge in [0.1, 0.15) is 0 Å². The molecule has 0 aliphatic carbocycles. The molecule has 1 aliphatic heterocycles. The van der Waals surface area contributed by atoms with Crippen LogP contribution in [0.4, 0.5) is 5.69 Å². The minimum absolute atomic E-state index is 0.186. The molecule has 1 aromatic heterocycles. The second-order valence-corrected chi connectivity index (χ2v) is 7.19. The van der Waals surface area contributed by atoms with Gasteiger partial charge in [-0.3, -0.25) is 5.01 Å². The predicted octanol–water partition coefficient (Wildman–Crippen LogP) is 4.93. The van der Waals surface area contributed by atoms with E-state index in [-0.39, 0.29) is 6.04 Å². The summed E-state index contributed by atoms with van der Waals surface area (Å²) in [7, 11) is 0. The van der Waals surface area contributed by atoms with Crippen molar-refractivity contribution in [1.29, 1.82) is 0 Å². The molecule has 5 heteroatoms. The Kier molecular flexibility index (Phi) is 4.41. The summed E-state index contributed by atoms with van der Waals surface area (Å²) in [5, 5.41) is 15.3. The van der Waals surface area contributed by atoms with E-state index in [2.05, 4.69) is 94.2 Å². The molecule has 4 aromatic rings. The number of hydrogen-bond donors (Lipinski definition) is 0. The van der Waals surface area contributed by atoms with Crippen molar-refractivity contribution in [2.24, 2.45) is 5.10 Å². The molecule has 0 bridgehead atoms. The van der Waals surface area contributed by atoms with Crippen LogP contribution in [0.25, 0.3) is 5.69 Å². The maximum Gasteiger partial charge on any atom is 0.0831 e. The Hall–Kier alpha value is -3.73. The normalized spacial score (nSPS) is 16.1. The van der Waals surface area contributed by atoms with Crippen LogP contribution in [-0.4, -0.2) is 20.7 Å². The monoisotopic (exact) mass is 379 g/mol. The number of hydrogen-bond acceptors (Lipinski definition) is 4. The fourth-order valence-corrected chi connectivity index (χ4v) is 3.77. The van der Waals surface area contributed by atoms with Crippen LogP contribution in [0, 0.1) is 6.92 Å². The van der Waals surface area contributed by atoms with E-state index in [1.54, 1.807) is 6.20 Å². The summed E-state index contributed by atoms with van der Waals surface area (Å²) >= 11 is 0. The Morgan fingerprint density at radius 3 is 2.14 bits per heavy atom. The zero-order valence-electron chi connectivity index (χ0n) is 16.2. The lowest BCUT2D eigenvalue weighted by Crippen LogP contribution is -2.18. The number of hydrazone groups is 1. The van der Waals surface area contributed by atoms with Gasteiger partial charge in [0.25, 0.3) is 0 Å². The van der Waals surface area contributed by atoms with Gasteiger partial charge < -0.3 is 0 Å². The van der Waals surface area contributed by atoms with Gasteiger partial charge in [-0.15, -0.1) is 5.10 Å². The third-order valence-electron chi connectivity index (χ3n) is 5.28. The molecule has 0 amide bonds. The highest BCUT2D eigenvalue weighted by Crippen LogP contribution is 2.36. The zero-order chi connectivity index (χ0) is 19.6. The van der Waals surface area contributed by atoms with E-state index in [0.29, 0.717) is 0 Å². The average Bonchev–Trinajstić information content (AvgIpc) is 3.42. The standard InChI is InChI=1S/C24H21N5/c1-18-17-25-27-28(18)22-14-12-19(13-15-22)23-16-24(20-8-4-2-5-9-20)29(26-23)21-10-6-3-7-11-21/h2-15,17,24H,16H2,1H3. The minimum Gasteiger partial charge on any atom is -0.257 e. The van der Waals surface area contributed by atoms with E-state index in [1.807, 2.05) is 17.7 Å². The molecule has 0 N–H and O–H groups in total. The maximum atomic E-state index is 5.01. The van der Waals surface area contributed by atoms with Gasteiger partial charge in [0.15, 0.2) is 0 Å². The lowest BCUT2D eigenvalue weighted by Gasteiger charge is -2.23. The van der Waals surface area contributed by atoms with Gasteiger partial charge in [-0.05, 0) is 42.3 Å². The molecule has 1 unspecified atom stereocenters. The molecule has 29 heavy (non-hydrogen) atoms. The Morgan fingerprint density at radius 2 is 1.48 bits per heavy atom. The molecule has 0 fully saturated rings. The quantitative estimate of drug-likeness (QED) is 0.505. The number of aryl methyl sites for hydroxylation is 1. The summed E-state index contributed by atoms with van der Waals surface area (Å²) in [5.41, 5.74) is 6.60. The Balaban J connectivity index is 1.49. The minimum atomic E-state index is 0.186. The largest absolute Gasteiger partial charge is 0.257 e. The van der Waals surface area contributed by atoms with Crippen LogP contribution in [0.3, 0.4) is 0 Å². The molecule has 0 radical (unpaired) electrons. The molecule has 0 saturated heterocycles. The molecular formula is C24H21N5. The summed E-state index contributed by atoms with van der Waals surface area (Å²) in [5.74, 6) is 0. The number of rotatable bonds is 4. The summed E-state index contributed by atoms with van der Waals surface area (Å²) in [6.07, 6.45) is 2.62. The molecule has 0 saturated carbocycles. The molecule has 1 atom stereocenters. The van der Waals surface area contributed by atoms with Crippen molar-refractivity contribution in [3.8, 4) is 5.69 Å². The molecular weight excluding hydrogens is 358 g/mol. The molecule has 5 nitrogen and oxygen atoms in total. The van der Waals surface area contributed by atoms with Crippen molar-refractivity contribution in [2.45, 2.75) is 19.4 Å². The van der Waals surface area contributed by atoms with Crippen LogP contribution >= 0.6 is 0 Å². The van der Waals surface area contributed by atoms with Crippen molar-refractivity contribution in [3.05, 3.63) is 108 Å². The second kappa shape index (κ2) is 7.36. The summed E-state index contributed by atoms with van der Waals surface area (Å²) < 4.78 is 1.84. The molecule has 0 spiro atoms. The molecule has 142 valence electrons. The topological polar surface area (TPSA) is 46.3 Å². The Labute approximate surface area is 169 Å². The van der Waals surface area contributed by atoms with Crippen LogP contribution < -0.4 is 5.01 Å². The number of para-hydroxylation sites is 1. The van der Waals surface area contributed by atoms with E-state index in [4.69, 9.17) is 5.10 Å². The van der Waals surface area contributed by atoms with Crippen molar-refractivity contribution in [3.63, 3.8) is 0 Å². The predicted molar refractivity (Wildman–Crippen MR) is 115 cm³/mol. The highest BCUT2D eigenvalue weighted by atomic mass is 15.5. The van der Waals surface area contributed by atoms with Crippen LogP contribution in [0.1, 0.15) is 29.3 Å². The second-order valence-electron chi connectivity index (χ2n) is 7.19. The first-order valence-electron chi connectivity index (χ1n) is 9.74. The third kappa shape index (κ3) is 3.31. The number of benzene rings is 3. The fraction of sp³-hybridized carbons (Fsp3) is 0.125. The Bertz CT molecular complexity index is 1130. The van der Waals surface area contributed by atoms with E-state index >= 15 is 0 Å². The van der Waals surface area contributed by atoms with Gasteiger partial charge in [0.2, 0.25) is 0 Å². The van der Waals surface area contributed by atoms with E-state index in [9.17, 15) is 0 Å². The maximum absolute atomic E-state index is 5.01.